The molecule has 1 aromatic carbocycles. The first kappa shape index (κ1) is 8.66. The van der Waals surface area contributed by atoms with Crippen molar-refractivity contribution in [3.8, 4) is 5.75 Å². The first-order valence-electron chi connectivity index (χ1n) is 4.04. The van der Waals surface area contributed by atoms with Gasteiger partial charge in [-0.3, -0.25) is 0 Å². The standard InChI is InChI=1S/C9H10ClNO2/c10-6-1-7(11)3-8(2-6)13-9-4-12-5-9/h1-3,9H,4-5,11H2. The van der Waals surface area contributed by atoms with Crippen molar-refractivity contribution >= 4 is 17.3 Å². The summed E-state index contributed by atoms with van der Waals surface area (Å²) < 4.78 is 10.5. The van der Waals surface area contributed by atoms with Gasteiger partial charge in [-0.25, -0.2) is 0 Å². The molecule has 0 aliphatic carbocycles. The maximum atomic E-state index is 5.80. The van der Waals surface area contributed by atoms with Gasteiger partial charge >= 0.3 is 0 Å². The van der Waals surface area contributed by atoms with Crippen LogP contribution in [-0.2, 0) is 4.74 Å². The monoisotopic (exact) mass is 199 g/mol. The zero-order chi connectivity index (χ0) is 9.26. The molecule has 1 aliphatic heterocycles. The van der Waals surface area contributed by atoms with Gasteiger partial charge in [-0.05, 0) is 12.1 Å². The summed E-state index contributed by atoms with van der Waals surface area (Å²) in [6.45, 7) is 1.29. The molecule has 2 rings (SSSR count). The van der Waals surface area contributed by atoms with E-state index in [-0.39, 0.29) is 6.10 Å². The molecule has 0 radical (unpaired) electrons. The molecule has 1 aromatic rings. The normalized spacial score (nSPS) is 16.7. The Balaban J connectivity index is 2.10. The van der Waals surface area contributed by atoms with Gasteiger partial charge in [-0.15, -0.1) is 0 Å². The fourth-order valence-electron chi connectivity index (χ4n) is 1.13. The lowest BCUT2D eigenvalue weighted by molar-refractivity contribution is -0.0796. The molecule has 0 bridgehead atoms. The lowest BCUT2D eigenvalue weighted by Gasteiger charge is -2.26. The molecule has 0 unspecified atom stereocenters. The SMILES string of the molecule is Nc1cc(Cl)cc(OC2COC2)c1. The third kappa shape index (κ3) is 2.05. The third-order valence-electron chi connectivity index (χ3n) is 1.80. The number of nitrogens with two attached hydrogens (primary N) is 1. The molecule has 0 atom stereocenters. The molecule has 0 amide bonds. The van der Waals surface area contributed by atoms with Crippen LogP contribution in [0.1, 0.15) is 0 Å². The zero-order valence-corrected chi connectivity index (χ0v) is 7.75. The molecular weight excluding hydrogens is 190 g/mol. The van der Waals surface area contributed by atoms with Gasteiger partial charge in [0.2, 0.25) is 0 Å². The molecule has 1 fully saturated rings. The average molecular weight is 200 g/mol. The van der Waals surface area contributed by atoms with Gasteiger partial charge in [0.15, 0.2) is 0 Å². The predicted octanol–water partition coefficient (Wildman–Crippen LogP) is 1.70. The number of ether oxygens (including phenoxy) is 2. The lowest BCUT2D eigenvalue weighted by Crippen LogP contribution is -2.38. The van der Waals surface area contributed by atoms with E-state index in [0.717, 1.165) is 0 Å². The van der Waals surface area contributed by atoms with Crippen LogP contribution in [0.2, 0.25) is 5.02 Å². The minimum Gasteiger partial charge on any atom is -0.485 e. The van der Waals surface area contributed by atoms with Crippen molar-refractivity contribution in [2.24, 2.45) is 0 Å². The molecular formula is C9H10ClNO2. The van der Waals surface area contributed by atoms with E-state index in [2.05, 4.69) is 0 Å². The van der Waals surface area contributed by atoms with Gasteiger partial charge in [-0.2, -0.15) is 0 Å². The molecule has 3 nitrogen and oxygen atoms in total. The predicted molar refractivity (Wildman–Crippen MR) is 51.1 cm³/mol. The second kappa shape index (κ2) is 3.44. The van der Waals surface area contributed by atoms with Crippen LogP contribution in [0, 0.1) is 0 Å². The van der Waals surface area contributed by atoms with Crippen LogP contribution in [0.5, 0.6) is 5.75 Å². The highest BCUT2D eigenvalue weighted by atomic mass is 35.5. The average Bonchev–Trinajstić information content (AvgIpc) is 1.95. The van der Waals surface area contributed by atoms with Crippen molar-refractivity contribution in [2.45, 2.75) is 6.10 Å². The minimum absolute atomic E-state index is 0.151. The minimum atomic E-state index is 0.151. The molecule has 0 saturated carbocycles. The number of rotatable bonds is 2. The van der Waals surface area contributed by atoms with E-state index >= 15 is 0 Å². The summed E-state index contributed by atoms with van der Waals surface area (Å²) in [6.07, 6.45) is 0.151. The van der Waals surface area contributed by atoms with E-state index in [0.29, 0.717) is 29.7 Å². The molecule has 1 aliphatic rings. The Hall–Kier alpha value is -0.930. The lowest BCUT2D eigenvalue weighted by atomic mass is 10.3. The molecule has 0 spiro atoms. The Bertz CT molecular complexity index is 292. The Morgan fingerprint density at radius 1 is 1.38 bits per heavy atom. The summed E-state index contributed by atoms with van der Waals surface area (Å²) in [5.74, 6) is 0.707. The van der Waals surface area contributed by atoms with Crippen LogP contribution in [0.4, 0.5) is 5.69 Å². The van der Waals surface area contributed by atoms with Gasteiger partial charge in [0, 0.05) is 16.8 Å². The summed E-state index contributed by atoms with van der Waals surface area (Å²) >= 11 is 5.80. The van der Waals surface area contributed by atoms with Crippen molar-refractivity contribution in [2.75, 3.05) is 18.9 Å². The van der Waals surface area contributed by atoms with Crippen molar-refractivity contribution in [3.63, 3.8) is 0 Å². The fourth-order valence-corrected chi connectivity index (χ4v) is 1.36. The highest BCUT2D eigenvalue weighted by Gasteiger charge is 2.20. The van der Waals surface area contributed by atoms with Crippen LogP contribution >= 0.6 is 11.6 Å². The van der Waals surface area contributed by atoms with Crippen molar-refractivity contribution in [3.05, 3.63) is 23.2 Å². The largest absolute Gasteiger partial charge is 0.485 e. The summed E-state index contributed by atoms with van der Waals surface area (Å²) in [7, 11) is 0. The van der Waals surface area contributed by atoms with E-state index in [1.165, 1.54) is 0 Å². The van der Waals surface area contributed by atoms with Crippen molar-refractivity contribution in [1.82, 2.24) is 0 Å². The van der Waals surface area contributed by atoms with E-state index in [4.69, 9.17) is 26.8 Å². The molecule has 4 heteroatoms. The number of anilines is 1. The number of halogens is 1. The summed E-state index contributed by atoms with van der Waals surface area (Å²) in [4.78, 5) is 0. The van der Waals surface area contributed by atoms with Crippen LogP contribution in [0.25, 0.3) is 0 Å². The van der Waals surface area contributed by atoms with Crippen LogP contribution in [0.3, 0.4) is 0 Å². The molecule has 0 aromatic heterocycles. The van der Waals surface area contributed by atoms with Crippen molar-refractivity contribution in [1.29, 1.82) is 0 Å². The number of hydrogen-bond donors (Lipinski definition) is 1. The van der Waals surface area contributed by atoms with Crippen molar-refractivity contribution < 1.29 is 9.47 Å². The molecule has 1 saturated heterocycles. The fraction of sp³-hybridized carbons (Fsp3) is 0.333. The Morgan fingerprint density at radius 2 is 2.15 bits per heavy atom. The maximum absolute atomic E-state index is 5.80. The van der Waals surface area contributed by atoms with E-state index in [1.54, 1.807) is 18.2 Å². The highest BCUT2D eigenvalue weighted by molar-refractivity contribution is 6.31. The summed E-state index contributed by atoms with van der Waals surface area (Å²) in [6, 6.07) is 5.19. The number of nitrogen functional groups attached to an aromatic ring is 1. The Morgan fingerprint density at radius 3 is 2.69 bits per heavy atom. The quantitative estimate of drug-likeness (QED) is 0.738. The van der Waals surface area contributed by atoms with Gasteiger partial charge < -0.3 is 15.2 Å². The zero-order valence-electron chi connectivity index (χ0n) is 7.00. The van der Waals surface area contributed by atoms with Gasteiger partial charge in [0.25, 0.3) is 0 Å². The topological polar surface area (TPSA) is 44.5 Å². The van der Waals surface area contributed by atoms with E-state index < -0.39 is 0 Å². The first-order valence-corrected chi connectivity index (χ1v) is 4.42. The summed E-state index contributed by atoms with van der Waals surface area (Å²) in [5.41, 5.74) is 6.21. The first-order chi connectivity index (χ1) is 6.24. The molecule has 2 N–H and O–H groups in total. The number of hydrogen-bond acceptors (Lipinski definition) is 3. The molecule has 70 valence electrons. The second-order valence-corrected chi connectivity index (χ2v) is 3.43. The van der Waals surface area contributed by atoms with Gasteiger partial charge in [-0.1, -0.05) is 11.6 Å². The van der Waals surface area contributed by atoms with E-state index in [9.17, 15) is 0 Å². The van der Waals surface area contributed by atoms with E-state index in [1.807, 2.05) is 0 Å². The highest BCUT2D eigenvalue weighted by Crippen LogP contribution is 2.24. The van der Waals surface area contributed by atoms with Gasteiger partial charge in [0.1, 0.15) is 11.9 Å². The van der Waals surface area contributed by atoms with Crippen LogP contribution in [0.15, 0.2) is 18.2 Å². The Kier molecular flexibility index (Phi) is 2.29. The Labute approximate surface area is 81.4 Å². The summed E-state index contributed by atoms with van der Waals surface area (Å²) in [5, 5.41) is 0.593. The van der Waals surface area contributed by atoms with Gasteiger partial charge in [0.05, 0.1) is 13.2 Å². The van der Waals surface area contributed by atoms with Crippen LogP contribution in [-0.4, -0.2) is 19.3 Å². The maximum Gasteiger partial charge on any atom is 0.145 e. The number of benzene rings is 1. The van der Waals surface area contributed by atoms with Crippen LogP contribution < -0.4 is 10.5 Å². The molecule has 1 heterocycles. The smallest absolute Gasteiger partial charge is 0.145 e. The molecule has 13 heavy (non-hydrogen) atoms. The third-order valence-corrected chi connectivity index (χ3v) is 2.02. The second-order valence-electron chi connectivity index (χ2n) is 3.00.